The van der Waals surface area contributed by atoms with Crippen LogP contribution in [-0.2, 0) is 0 Å². The fourth-order valence-electron chi connectivity index (χ4n) is 12.6. The van der Waals surface area contributed by atoms with Gasteiger partial charge >= 0.3 is 0 Å². The highest BCUT2D eigenvalue weighted by atomic mass is 16.3. The Bertz CT molecular complexity index is 1630. The van der Waals surface area contributed by atoms with Gasteiger partial charge in [-0.1, -0.05) is 148 Å². The first-order valence-electron chi connectivity index (χ1n) is 24.4. The van der Waals surface area contributed by atoms with Gasteiger partial charge in [0.2, 0.25) is 0 Å². The Morgan fingerprint density at radius 3 is 1.49 bits per heavy atom. The molecule has 0 aromatic rings. The van der Waals surface area contributed by atoms with Crippen LogP contribution in [0.15, 0.2) is 95.2 Å². The molecule has 3 N–H and O–H groups in total. The van der Waals surface area contributed by atoms with Gasteiger partial charge in [0.25, 0.3) is 0 Å². The molecular formula is C56H88O3. The van der Waals surface area contributed by atoms with E-state index in [1.807, 2.05) is 0 Å². The number of fused-ring (bicyclic) bond motifs is 2. The fourth-order valence-corrected chi connectivity index (χ4v) is 12.6. The van der Waals surface area contributed by atoms with Crippen molar-refractivity contribution in [3.05, 3.63) is 95.2 Å². The second-order valence-corrected chi connectivity index (χ2v) is 21.9. The second-order valence-electron chi connectivity index (χ2n) is 21.9. The van der Waals surface area contributed by atoms with E-state index in [2.05, 4.69) is 131 Å². The van der Waals surface area contributed by atoms with Crippen molar-refractivity contribution in [2.75, 3.05) is 0 Å². The Kier molecular flexibility index (Phi) is 16.9. The highest BCUT2D eigenvalue weighted by molar-refractivity contribution is 5.39. The van der Waals surface area contributed by atoms with Crippen LogP contribution in [0.2, 0.25) is 0 Å². The summed E-state index contributed by atoms with van der Waals surface area (Å²) in [5.74, 6) is 6.96. The molecule has 330 valence electrons. The van der Waals surface area contributed by atoms with Crippen molar-refractivity contribution < 1.29 is 15.3 Å². The van der Waals surface area contributed by atoms with E-state index in [1.165, 1.54) is 75.4 Å². The summed E-state index contributed by atoms with van der Waals surface area (Å²) in [5.41, 5.74) is 8.38. The molecule has 6 aliphatic rings. The SMILES string of the molecule is C=C1/C(=C\C=C2/CCC[C@]3(C)C([C@H](C)/C=C/[C@H](C)C(C)C)CC[C@@H]23)C[C@@H](O)C[C@@H]1O.C=C1CC[C@H](O)C/C1=C/C=C1\CCC[C@]2(C)C([C@H](C)/C=C/[C@H](C)C(C)C)CC[C@@H]12. The largest absolute Gasteiger partial charge is 0.393 e. The van der Waals surface area contributed by atoms with E-state index >= 15 is 0 Å². The normalized spacial score (nSPS) is 39.0. The van der Waals surface area contributed by atoms with Crippen molar-refractivity contribution in [3.63, 3.8) is 0 Å². The quantitative estimate of drug-likeness (QED) is 0.193. The zero-order chi connectivity index (χ0) is 43.2. The summed E-state index contributed by atoms with van der Waals surface area (Å²) in [5, 5.41) is 30.2. The van der Waals surface area contributed by atoms with Gasteiger partial charge < -0.3 is 15.3 Å². The number of aliphatic hydroxyl groups is 3. The first-order chi connectivity index (χ1) is 27.8. The Morgan fingerprint density at radius 2 is 1.02 bits per heavy atom. The highest BCUT2D eigenvalue weighted by Gasteiger charge is 2.51. The summed E-state index contributed by atoms with van der Waals surface area (Å²) in [6.07, 6.45) is 34.5. The van der Waals surface area contributed by atoms with Crippen molar-refractivity contribution in [1.82, 2.24) is 0 Å². The second kappa shape index (κ2) is 20.8. The predicted octanol–water partition coefficient (Wildman–Crippen LogP) is 14.3. The van der Waals surface area contributed by atoms with E-state index in [0.717, 1.165) is 54.1 Å². The number of hydrogen-bond acceptors (Lipinski definition) is 3. The van der Waals surface area contributed by atoms with Crippen molar-refractivity contribution in [1.29, 1.82) is 0 Å². The van der Waals surface area contributed by atoms with Gasteiger partial charge in [0.1, 0.15) is 0 Å². The van der Waals surface area contributed by atoms with Gasteiger partial charge in [0, 0.05) is 6.42 Å². The molecule has 0 radical (unpaired) electrons. The average molecular weight is 809 g/mol. The van der Waals surface area contributed by atoms with Gasteiger partial charge in [-0.05, 0) is 177 Å². The van der Waals surface area contributed by atoms with Crippen LogP contribution in [-0.4, -0.2) is 33.6 Å². The summed E-state index contributed by atoms with van der Waals surface area (Å²) >= 11 is 0. The third kappa shape index (κ3) is 11.4. The van der Waals surface area contributed by atoms with E-state index in [0.29, 0.717) is 59.2 Å². The lowest BCUT2D eigenvalue weighted by Crippen LogP contribution is -2.35. The molecule has 0 aromatic heterocycles. The molecule has 0 amide bonds. The van der Waals surface area contributed by atoms with Crippen LogP contribution in [0.25, 0.3) is 0 Å². The van der Waals surface area contributed by atoms with Crippen molar-refractivity contribution in [2.45, 2.75) is 184 Å². The molecule has 0 aromatic carbocycles. The number of allylic oxidation sites excluding steroid dienone is 11. The van der Waals surface area contributed by atoms with Crippen LogP contribution in [0.4, 0.5) is 0 Å². The number of hydrogen-bond donors (Lipinski definition) is 3. The van der Waals surface area contributed by atoms with Crippen LogP contribution >= 0.6 is 0 Å². The molecule has 0 aliphatic heterocycles. The summed E-state index contributed by atoms with van der Waals surface area (Å²) in [7, 11) is 0. The summed E-state index contributed by atoms with van der Waals surface area (Å²) in [6, 6.07) is 0. The zero-order valence-corrected chi connectivity index (χ0v) is 39.5. The molecule has 59 heavy (non-hydrogen) atoms. The van der Waals surface area contributed by atoms with Gasteiger partial charge in [-0.15, -0.1) is 0 Å². The topological polar surface area (TPSA) is 60.7 Å². The molecule has 13 atom stereocenters. The Morgan fingerprint density at radius 1 is 0.559 bits per heavy atom. The van der Waals surface area contributed by atoms with Crippen LogP contribution in [0.5, 0.6) is 0 Å². The molecule has 6 rings (SSSR count). The molecule has 0 saturated heterocycles. The van der Waals surface area contributed by atoms with Crippen molar-refractivity contribution >= 4 is 0 Å². The van der Waals surface area contributed by atoms with Crippen LogP contribution in [0, 0.1) is 70.0 Å². The third-order valence-corrected chi connectivity index (χ3v) is 17.3. The molecule has 0 heterocycles. The van der Waals surface area contributed by atoms with Crippen molar-refractivity contribution in [2.24, 2.45) is 70.0 Å². The van der Waals surface area contributed by atoms with Gasteiger partial charge in [0.15, 0.2) is 0 Å². The minimum atomic E-state index is -0.605. The maximum Gasteiger partial charge on any atom is 0.0811 e. The molecule has 3 heteroatoms. The number of rotatable bonds is 10. The van der Waals surface area contributed by atoms with E-state index in [-0.39, 0.29) is 6.10 Å². The molecular weight excluding hydrogens is 721 g/mol. The lowest BCUT2D eigenvalue weighted by atomic mass is 9.61. The lowest BCUT2D eigenvalue weighted by Gasteiger charge is -2.44. The van der Waals surface area contributed by atoms with Crippen LogP contribution in [0.3, 0.4) is 0 Å². The molecule has 2 unspecified atom stereocenters. The smallest absolute Gasteiger partial charge is 0.0811 e. The first-order valence-corrected chi connectivity index (χ1v) is 24.4. The monoisotopic (exact) mass is 809 g/mol. The summed E-state index contributed by atoms with van der Waals surface area (Å²) in [4.78, 5) is 0. The molecule has 3 nitrogen and oxygen atoms in total. The standard InChI is InChI=1S/C28H44O2.C28H44O/c1-18(2)19(3)9-10-20(4)25-13-14-26-22(8-7-15-28(25,26)6)11-12-23-16-24(29)17-27(30)21(23)5;1-19(2)20(3)9-10-22(5)26-15-16-27-23(8-7-17-28(26,27)6)12-13-24-18-25(29)14-11-21(24)4/h9-12,18-20,24-27,29-30H,5,7-8,13-17H2,1-4,6H3;9-10,12-13,19-20,22,25-27,29H,4,7-8,11,14-18H2,1-3,5-6H3/b10-9+,22-11+,23-12-;10-9+,23-12+,24-13-/t19-,20+,24+,25?,26-,27-,28+;20-,22+,25-,26?,27-,28+/m00/s1. The van der Waals surface area contributed by atoms with Gasteiger partial charge in [-0.3, -0.25) is 0 Å². The molecule has 0 spiro atoms. The van der Waals surface area contributed by atoms with E-state index in [4.69, 9.17) is 0 Å². The molecule has 6 fully saturated rings. The Labute approximate surface area is 363 Å². The molecule has 6 saturated carbocycles. The lowest BCUT2D eigenvalue weighted by molar-refractivity contribution is 0.0862. The maximum atomic E-state index is 10.1. The van der Waals surface area contributed by atoms with E-state index < -0.39 is 12.2 Å². The summed E-state index contributed by atoms with van der Waals surface area (Å²) < 4.78 is 0. The Balaban J connectivity index is 0.000000224. The number of aliphatic hydroxyl groups excluding tert-OH is 3. The predicted molar refractivity (Wildman–Crippen MR) is 253 cm³/mol. The van der Waals surface area contributed by atoms with E-state index in [1.54, 1.807) is 11.1 Å². The minimum Gasteiger partial charge on any atom is -0.393 e. The third-order valence-electron chi connectivity index (χ3n) is 17.3. The fraction of sp³-hybridized carbons (Fsp3) is 0.714. The van der Waals surface area contributed by atoms with Crippen LogP contribution < -0.4 is 0 Å². The van der Waals surface area contributed by atoms with Gasteiger partial charge in [0.05, 0.1) is 18.3 Å². The molecule has 0 bridgehead atoms. The van der Waals surface area contributed by atoms with E-state index in [9.17, 15) is 15.3 Å². The summed E-state index contributed by atoms with van der Waals surface area (Å²) in [6.45, 7) is 32.2. The minimum absolute atomic E-state index is 0.182. The van der Waals surface area contributed by atoms with Crippen LogP contribution in [0.1, 0.15) is 166 Å². The first kappa shape index (κ1) is 47.8. The van der Waals surface area contributed by atoms with Gasteiger partial charge in [-0.25, -0.2) is 0 Å². The Hall–Kier alpha value is -2.20. The highest BCUT2D eigenvalue weighted by Crippen LogP contribution is 2.61. The van der Waals surface area contributed by atoms with Crippen molar-refractivity contribution in [3.8, 4) is 0 Å². The zero-order valence-electron chi connectivity index (χ0n) is 39.5. The maximum absolute atomic E-state index is 10.1. The van der Waals surface area contributed by atoms with Gasteiger partial charge in [-0.2, -0.15) is 0 Å². The average Bonchev–Trinajstić information content (AvgIpc) is 3.74. The molecule has 6 aliphatic carbocycles.